The number of nitrogens with one attached hydrogen (secondary N) is 1. The molecule has 0 saturated carbocycles. The molecule has 0 aromatic rings. The van der Waals surface area contributed by atoms with Gasteiger partial charge in [-0.05, 0) is 36.1 Å². The van der Waals surface area contributed by atoms with Crippen LogP contribution in [0.5, 0.6) is 0 Å². The molecule has 0 aliphatic rings. The standard InChI is InChI=1S/C15H32N2O/c1-11(2)7-13(9-16)8-14(18)17-10-15(5,6)12(3)4/h11-13H,7-10,16H2,1-6H3,(H,17,18)/t13-/m0/s1. The molecule has 0 aliphatic carbocycles. The lowest BCUT2D eigenvalue weighted by Crippen LogP contribution is -2.38. The van der Waals surface area contributed by atoms with Gasteiger partial charge in [0, 0.05) is 13.0 Å². The van der Waals surface area contributed by atoms with Crippen molar-refractivity contribution < 1.29 is 4.79 Å². The summed E-state index contributed by atoms with van der Waals surface area (Å²) in [4.78, 5) is 11.9. The van der Waals surface area contributed by atoms with Crippen LogP contribution in [-0.2, 0) is 4.79 Å². The Morgan fingerprint density at radius 3 is 2.17 bits per heavy atom. The van der Waals surface area contributed by atoms with Crippen molar-refractivity contribution in [2.75, 3.05) is 13.1 Å². The number of carbonyl (C=O) groups is 1. The average molecular weight is 256 g/mol. The van der Waals surface area contributed by atoms with Gasteiger partial charge in [-0.25, -0.2) is 0 Å². The van der Waals surface area contributed by atoms with E-state index in [-0.39, 0.29) is 11.3 Å². The molecule has 3 N–H and O–H groups in total. The molecule has 0 bridgehead atoms. The molecule has 0 aromatic heterocycles. The van der Waals surface area contributed by atoms with Crippen LogP contribution >= 0.6 is 0 Å². The van der Waals surface area contributed by atoms with Crippen LogP contribution in [-0.4, -0.2) is 19.0 Å². The number of hydrogen-bond donors (Lipinski definition) is 2. The minimum atomic E-state index is 0.139. The summed E-state index contributed by atoms with van der Waals surface area (Å²) in [5, 5.41) is 3.05. The van der Waals surface area contributed by atoms with Crippen LogP contribution in [0.3, 0.4) is 0 Å². The molecule has 0 radical (unpaired) electrons. The van der Waals surface area contributed by atoms with Crippen molar-refractivity contribution in [1.29, 1.82) is 0 Å². The molecule has 108 valence electrons. The number of rotatable bonds is 8. The Morgan fingerprint density at radius 1 is 1.22 bits per heavy atom. The lowest BCUT2D eigenvalue weighted by molar-refractivity contribution is -0.122. The number of nitrogens with two attached hydrogens (primary N) is 1. The van der Waals surface area contributed by atoms with Gasteiger partial charge in [-0.1, -0.05) is 41.5 Å². The predicted octanol–water partition coefficient (Wildman–Crippen LogP) is 2.80. The highest BCUT2D eigenvalue weighted by molar-refractivity contribution is 5.76. The first kappa shape index (κ1) is 17.4. The third kappa shape index (κ3) is 7.00. The zero-order valence-electron chi connectivity index (χ0n) is 13.0. The molecule has 0 heterocycles. The Labute approximate surface area is 113 Å². The first-order valence-electron chi connectivity index (χ1n) is 7.15. The second-order valence-corrected chi connectivity index (χ2v) is 6.86. The minimum Gasteiger partial charge on any atom is -0.356 e. The van der Waals surface area contributed by atoms with Gasteiger partial charge >= 0.3 is 0 Å². The zero-order valence-corrected chi connectivity index (χ0v) is 13.0. The molecule has 0 saturated heterocycles. The van der Waals surface area contributed by atoms with Crippen molar-refractivity contribution in [2.24, 2.45) is 28.9 Å². The monoisotopic (exact) mass is 256 g/mol. The Hall–Kier alpha value is -0.570. The van der Waals surface area contributed by atoms with Crippen molar-refractivity contribution in [1.82, 2.24) is 5.32 Å². The summed E-state index contributed by atoms with van der Waals surface area (Å²) >= 11 is 0. The fourth-order valence-electron chi connectivity index (χ4n) is 1.79. The summed E-state index contributed by atoms with van der Waals surface area (Å²) in [5.74, 6) is 1.60. The van der Waals surface area contributed by atoms with Crippen LogP contribution in [0.1, 0.15) is 54.4 Å². The van der Waals surface area contributed by atoms with Gasteiger partial charge in [0.05, 0.1) is 0 Å². The second-order valence-electron chi connectivity index (χ2n) is 6.86. The van der Waals surface area contributed by atoms with Gasteiger partial charge < -0.3 is 11.1 Å². The van der Waals surface area contributed by atoms with Crippen molar-refractivity contribution >= 4 is 5.91 Å². The van der Waals surface area contributed by atoms with E-state index in [1.54, 1.807) is 0 Å². The van der Waals surface area contributed by atoms with E-state index in [9.17, 15) is 4.79 Å². The Kier molecular flexibility index (Phi) is 7.53. The third-order valence-electron chi connectivity index (χ3n) is 3.92. The number of amides is 1. The summed E-state index contributed by atoms with van der Waals surface area (Å²) in [7, 11) is 0. The largest absolute Gasteiger partial charge is 0.356 e. The van der Waals surface area contributed by atoms with Gasteiger partial charge in [-0.2, -0.15) is 0 Å². The molecular formula is C15H32N2O. The summed E-state index contributed by atoms with van der Waals surface area (Å²) in [6, 6.07) is 0. The summed E-state index contributed by atoms with van der Waals surface area (Å²) in [6.45, 7) is 14.4. The van der Waals surface area contributed by atoms with E-state index in [0.717, 1.165) is 13.0 Å². The molecule has 3 heteroatoms. The van der Waals surface area contributed by atoms with Crippen LogP contribution in [0, 0.1) is 23.2 Å². The maximum atomic E-state index is 11.9. The summed E-state index contributed by atoms with van der Waals surface area (Å²) in [6.07, 6.45) is 1.58. The van der Waals surface area contributed by atoms with Gasteiger partial charge in [0.2, 0.25) is 5.91 Å². The highest BCUT2D eigenvalue weighted by atomic mass is 16.1. The maximum Gasteiger partial charge on any atom is 0.220 e. The second kappa shape index (κ2) is 7.78. The van der Waals surface area contributed by atoms with Gasteiger partial charge in [0.25, 0.3) is 0 Å². The zero-order chi connectivity index (χ0) is 14.3. The third-order valence-corrected chi connectivity index (χ3v) is 3.92. The molecule has 18 heavy (non-hydrogen) atoms. The number of carbonyl (C=O) groups excluding carboxylic acids is 1. The number of hydrogen-bond acceptors (Lipinski definition) is 2. The van der Waals surface area contributed by atoms with Gasteiger partial charge in [0.15, 0.2) is 0 Å². The van der Waals surface area contributed by atoms with Crippen molar-refractivity contribution in [3.05, 3.63) is 0 Å². The van der Waals surface area contributed by atoms with Gasteiger partial charge in [0.1, 0.15) is 0 Å². The SMILES string of the molecule is CC(C)C[C@H](CN)CC(=O)NCC(C)(C)C(C)C. The Balaban J connectivity index is 4.10. The molecular weight excluding hydrogens is 224 g/mol. The van der Waals surface area contributed by atoms with Crippen LogP contribution < -0.4 is 11.1 Å². The van der Waals surface area contributed by atoms with E-state index >= 15 is 0 Å². The van der Waals surface area contributed by atoms with E-state index in [1.807, 2.05) is 0 Å². The molecule has 0 aliphatic heterocycles. The molecule has 1 amide bonds. The Morgan fingerprint density at radius 2 is 1.78 bits per heavy atom. The van der Waals surface area contributed by atoms with Gasteiger partial charge in [-0.3, -0.25) is 4.79 Å². The molecule has 0 spiro atoms. The highest BCUT2D eigenvalue weighted by Gasteiger charge is 2.23. The van der Waals surface area contributed by atoms with Crippen LogP contribution in [0.25, 0.3) is 0 Å². The normalized spacial score (nSPS) is 14.1. The fraction of sp³-hybridized carbons (Fsp3) is 0.933. The van der Waals surface area contributed by atoms with Crippen LogP contribution in [0.2, 0.25) is 0 Å². The van der Waals surface area contributed by atoms with E-state index in [2.05, 4.69) is 46.9 Å². The molecule has 0 fully saturated rings. The smallest absolute Gasteiger partial charge is 0.220 e. The predicted molar refractivity (Wildman–Crippen MR) is 78.2 cm³/mol. The van der Waals surface area contributed by atoms with Crippen LogP contribution in [0.15, 0.2) is 0 Å². The summed E-state index contributed by atoms with van der Waals surface area (Å²) < 4.78 is 0. The lowest BCUT2D eigenvalue weighted by Gasteiger charge is -2.29. The van der Waals surface area contributed by atoms with Gasteiger partial charge in [-0.15, -0.1) is 0 Å². The van der Waals surface area contributed by atoms with E-state index in [1.165, 1.54) is 0 Å². The maximum absolute atomic E-state index is 11.9. The van der Waals surface area contributed by atoms with Crippen molar-refractivity contribution in [2.45, 2.75) is 54.4 Å². The van der Waals surface area contributed by atoms with E-state index in [4.69, 9.17) is 5.73 Å². The highest BCUT2D eigenvalue weighted by Crippen LogP contribution is 2.24. The average Bonchev–Trinajstić information content (AvgIpc) is 2.24. The fourth-order valence-corrected chi connectivity index (χ4v) is 1.79. The Bertz CT molecular complexity index is 247. The van der Waals surface area contributed by atoms with Crippen molar-refractivity contribution in [3.8, 4) is 0 Å². The van der Waals surface area contributed by atoms with Crippen LogP contribution in [0.4, 0.5) is 0 Å². The molecule has 1 atom stereocenters. The van der Waals surface area contributed by atoms with Crippen molar-refractivity contribution in [3.63, 3.8) is 0 Å². The quantitative estimate of drug-likeness (QED) is 0.701. The molecule has 0 unspecified atom stereocenters. The first-order chi connectivity index (χ1) is 8.19. The lowest BCUT2D eigenvalue weighted by atomic mass is 9.81. The van der Waals surface area contributed by atoms with E-state index < -0.39 is 0 Å². The topological polar surface area (TPSA) is 55.1 Å². The molecule has 3 nitrogen and oxygen atoms in total. The molecule has 0 rings (SSSR count). The van der Waals surface area contributed by atoms with E-state index in [0.29, 0.717) is 30.7 Å². The summed E-state index contributed by atoms with van der Waals surface area (Å²) in [5.41, 5.74) is 5.86. The first-order valence-corrected chi connectivity index (χ1v) is 7.15. The minimum absolute atomic E-state index is 0.139. The molecule has 0 aromatic carbocycles.